The molecule has 0 saturated heterocycles. The highest BCUT2D eigenvalue weighted by molar-refractivity contribution is 7.89. The molecular weight excluding hydrogens is 459 g/mol. The number of carbonyl (C=O) groups excluding carboxylic acids is 1. The summed E-state index contributed by atoms with van der Waals surface area (Å²) in [4.78, 5) is 29.9. The number of amides is 1. The van der Waals surface area contributed by atoms with Crippen molar-refractivity contribution in [3.63, 3.8) is 0 Å². The molecule has 1 aromatic heterocycles. The van der Waals surface area contributed by atoms with Crippen molar-refractivity contribution in [2.24, 2.45) is 0 Å². The van der Waals surface area contributed by atoms with Gasteiger partial charge in [0.05, 0.1) is 16.5 Å². The second-order valence-electron chi connectivity index (χ2n) is 8.08. The van der Waals surface area contributed by atoms with Gasteiger partial charge >= 0.3 is 0 Å². The molecule has 0 aliphatic rings. The lowest BCUT2D eigenvalue weighted by atomic mass is 10.0. The molecule has 2 N–H and O–H groups in total. The number of benzene rings is 2. The first kappa shape index (κ1) is 25.5. The van der Waals surface area contributed by atoms with Crippen molar-refractivity contribution >= 4 is 26.8 Å². The minimum atomic E-state index is -3.75. The van der Waals surface area contributed by atoms with Crippen LogP contribution in [-0.2, 0) is 10.0 Å². The number of likely N-dealkylation sites (N-methyl/N-ethyl adjacent to an activating group) is 1. The average Bonchev–Trinajstić information content (AvgIpc) is 2.79. The number of hydrogen-bond donors (Lipinski definition) is 2. The Hall–Kier alpha value is -3.08. The van der Waals surface area contributed by atoms with Gasteiger partial charge in [0.1, 0.15) is 5.82 Å². The third kappa shape index (κ3) is 5.35. The predicted octanol–water partition coefficient (Wildman–Crippen LogP) is 2.73. The smallest absolute Gasteiger partial charge is 0.252 e. The Balaban J connectivity index is 1.97. The summed E-state index contributed by atoms with van der Waals surface area (Å²) in [5, 5.41) is 3.16. The molecule has 10 heteroatoms. The molecule has 0 bridgehead atoms. The maximum Gasteiger partial charge on any atom is 0.252 e. The van der Waals surface area contributed by atoms with E-state index in [1.807, 2.05) is 19.0 Å². The lowest BCUT2D eigenvalue weighted by Crippen LogP contribution is -2.35. The number of halogens is 1. The van der Waals surface area contributed by atoms with Crippen molar-refractivity contribution in [3.8, 4) is 0 Å². The second kappa shape index (κ2) is 10.5. The molecule has 3 rings (SSSR count). The fourth-order valence-corrected chi connectivity index (χ4v) is 5.35. The van der Waals surface area contributed by atoms with E-state index in [4.69, 9.17) is 0 Å². The number of sulfonamides is 1. The number of aromatic nitrogens is 1. The molecule has 8 nitrogen and oxygen atoms in total. The Morgan fingerprint density at radius 2 is 1.71 bits per heavy atom. The van der Waals surface area contributed by atoms with E-state index in [1.54, 1.807) is 26.0 Å². The van der Waals surface area contributed by atoms with E-state index in [0.29, 0.717) is 24.0 Å². The molecule has 0 saturated carbocycles. The average molecular weight is 489 g/mol. The van der Waals surface area contributed by atoms with Gasteiger partial charge in [-0.3, -0.25) is 9.59 Å². The SMILES string of the molecule is CCN(CC)S(=O)(=O)c1ccc2[nH]c(=O)cc(C(=O)NCC(c3ccc(F)cc3)N(C)C)c2c1. The zero-order chi connectivity index (χ0) is 25.0. The van der Waals surface area contributed by atoms with Crippen molar-refractivity contribution in [3.05, 3.63) is 75.8 Å². The Labute approximate surface area is 198 Å². The lowest BCUT2D eigenvalue weighted by molar-refractivity contribution is 0.0943. The van der Waals surface area contributed by atoms with E-state index in [9.17, 15) is 22.4 Å². The van der Waals surface area contributed by atoms with Gasteiger partial charge in [-0.1, -0.05) is 26.0 Å². The molecule has 3 aromatic rings. The molecule has 0 fully saturated rings. The first-order valence-electron chi connectivity index (χ1n) is 11.0. The number of hydrogen-bond acceptors (Lipinski definition) is 5. The van der Waals surface area contributed by atoms with Crippen molar-refractivity contribution in [2.75, 3.05) is 33.7 Å². The van der Waals surface area contributed by atoms with Gasteiger partial charge in [0.2, 0.25) is 15.6 Å². The third-order valence-corrected chi connectivity index (χ3v) is 7.78. The number of nitrogens with one attached hydrogen (secondary N) is 2. The van der Waals surface area contributed by atoms with Crippen molar-refractivity contribution in [1.29, 1.82) is 0 Å². The molecule has 0 aliphatic heterocycles. The molecule has 0 radical (unpaired) electrons. The van der Waals surface area contributed by atoms with Gasteiger partial charge < -0.3 is 15.2 Å². The van der Waals surface area contributed by atoms with Gasteiger partial charge in [-0.2, -0.15) is 4.31 Å². The van der Waals surface area contributed by atoms with Gasteiger partial charge in [0.15, 0.2) is 0 Å². The molecule has 182 valence electrons. The number of fused-ring (bicyclic) bond motifs is 1. The second-order valence-corrected chi connectivity index (χ2v) is 10.0. The summed E-state index contributed by atoms with van der Waals surface area (Å²) in [6, 6.07) is 11.3. The summed E-state index contributed by atoms with van der Waals surface area (Å²) in [6.45, 7) is 4.32. The van der Waals surface area contributed by atoms with E-state index in [0.717, 1.165) is 11.6 Å². The van der Waals surface area contributed by atoms with Gasteiger partial charge in [0, 0.05) is 36.6 Å². The molecule has 0 aliphatic carbocycles. The van der Waals surface area contributed by atoms with Crippen LogP contribution >= 0.6 is 0 Å². The summed E-state index contributed by atoms with van der Waals surface area (Å²) in [5.41, 5.74) is 0.778. The first-order valence-corrected chi connectivity index (χ1v) is 12.4. The van der Waals surface area contributed by atoms with Gasteiger partial charge in [-0.05, 0) is 50.0 Å². The van der Waals surface area contributed by atoms with Crippen LogP contribution < -0.4 is 10.9 Å². The highest BCUT2D eigenvalue weighted by Crippen LogP contribution is 2.23. The normalized spacial score (nSPS) is 12.9. The topological polar surface area (TPSA) is 103 Å². The van der Waals surface area contributed by atoms with Crippen LogP contribution in [0.15, 0.2) is 58.2 Å². The highest BCUT2D eigenvalue weighted by Gasteiger charge is 2.23. The van der Waals surface area contributed by atoms with Crippen LogP contribution in [0.5, 0.6) is 0 Å². The first-order chi connectivity index (χ1) is 16.1. The third-order valence-electron chi connectivity index (χ3n) is 5.74. The van der Waals surface area contributed by atoms with Crippen LogP contribution in [-0.4, -0.2) is 62.2 Å². The molecule has 34 heavy (non-hydrogen) atoms. The zero-order valence-electron chi connectivity index (χ0n) is 19.6. The largest absolute Gasteiger partial charge is 0.350 e. The molecular formula is C24H29FN4O4S. The van der Waals surface area contributed by atoms with Crippen LogP contribution in [0, 0.1) is 5.82 Å². The standard InChI is InChI=1S/C24H29FN4O4S/c1-5-29(6-2)34(32,33)18-11-12-21-19(13-18)20(14-23(30)27-21)24(31)26-15-22(28(3)4)16-7-9-17(25)10-8-16/h7-14,22H,5-6,15H2,1-4H3,(H,26,31)(H,27,30). The van der Waals surface area contributed by atoms with E-state index >= 15 is 0 Å². The summed E-state index contributed by atoms with van der Waals surface area (Å²) in [7, 11) is -0.0686. The molecule has 1 atom stereocenters. The molecule has 2 aromatic carbocycles. The monoisotopic (exact) mass is 488 g/mol. The quantitative estimate of drug-likeness (QED) is 0.482. The maximum absolute atomic E-state index is 13.3. The molecule has 0 spiro atoms. The van der Waals surface area contributed by atoms with Crippen molar-refractivity contribution in [2.45, 2.75) is 24.8 Å². The molecule has 1 unspecified atom stereocenters. The summed E-state index contributed by atoms with van der Waals surface area (Å²) < 4.78 is 40.6. The van der Waals surface area contributed by atoms with E-state index in [1.165, 1.54) is 34.6 Å². The zero-order valence-corrected chi connectivity index (χ0v) is 20.4. The minimum Gasteiger partial charge on any atom is -0.350 e. The number of rotatable bonds is 9. The van der Waals surface area contributed by atoms with E-state index in [-0.39, 0.29) is 28.9 Å². The number of aromatic amines is 1. The number of carbonyl (C=O) groups is 1. The number of nitrogens with zero attached hydrogens (tertiary/aromatic N) is 2. The Kier molecular flexibility index (Phi) is 7.86. The van der Waals surface area contributed by atoms with E-state index in [2.05, 4.69) is 10.3 Å². The Morgan fingerprint density at radius 1 is 1.06 bits per heavy atom. The predicted molar refractivity (Wildman–Crippen MR) is 130 cm³/mol. The summed E-state index contributed by atoms with van der Waals surface area (Å²) in [5.74, 6) is -0.863. The van der Waals surface area contributed by atoms with Gasteiger partial charge in [-0.15, -0.1) is 0 Å². The summed E-state index contributed by atoms with van der Waals surface area (Å²) >= 11 is 0. The number of pyridine rings is 1. The fraction of sp³-hybridized carbons (Fsp3) is 0.333. The van der Waals surface area contributed by atoms with Crippen LogP contribution in [0.2, 0.25) is 0 Å². The van der Waals surface area contributed by atoms with Gasteiger partial charge in [0.25, 0.3) is 5.91 Å². The van der Waals surface area contributed by atoms with Crippen LogP contribution in [0.1, 0.15) is 35.8 Å². The fourth-order valence-electron chi connectivity index (χ4n) is 3.86. The molecule has 1 heterocycles. The van der Waals surface area contributed by atoms with Crippen LogP contribution in [0.25, 0.3) is 10.9 Å². The Morgan fingerprint density at radius 3 is 2.29 bits per heavy atom. The highest BCUT2D eigenvalue weighted by atomic mass is 32.2. The Bertz CT molecular complexity index is 1330. The molecule has 1 amide bonds. The summed E-state index contributed by atoms with van der Waals surface area (Å²) in [6.07, 6.45) is 0. The lowest BCUT2D eigenvalue weighted by Gasteiger charge is -2.25. The minimum absolute atomic E-state index is 0.0438. The maximum atomic E-state index is 13.3. The van der Waals surface area contributed by atoms with Gasteiger partial charge in [-0.25, -0.2) is 12.8 Å². The van der Waals surface area contributed by atoms with E-state index < -0.39 is 21.5 Å². The van der Waals surface area contributed by atoms with Crippen molar-refractivity contribution in [1.82, 2.24) is 19.5 Å². The van der Waals surface area contributed by atoms with Crippen LogP contribution in [0.3, 0.4) is 0 Å². The van der Waals surface area contributed by atoms with Crippen LogP contribution in [0.4, 0.5) is 4.39 Å². The number of H-pyrrole nitrogens is 1. The van der Waals surface area contributed by atoms with Crippen molar-refractivity contribution < 1.29 is 17.6 Å².